The molecule has 0 aliphatic carbocycles. The van der Waals surface area contributed by atoms with Gasteiger partial charge in [-0.25, -0.2) is 9.18 Å². The van der Waals surface area contributed by atoms with E-state index in [2.05, 4.69) is 15.0 Å². The molecule has 0 unspecified atom stereocenters. The molecule has 0 N–H and O–H groups in total. The second-order valence-electron chi connectivity index (χ2n) is 6.45. The summed E-state index contributed by atoms with van der Waals surface area (Å²) < 4.78 is 73.7. The molecule has 178 valence electrons. The first-order chi connectivity index (χ1) is 15.5. The topological polar surface area (TPSA) is 78.7 Å². The maximum Gasteiger partial charge on any atom is 0.573 e. The van der Waals surface area contributed by atoms with Crippen molar-refractivity contribution in [3.05, 3.63) is 64.2 Å². The first-order valence-corrected chi connectivity index (χ1v) is 9.19. The van der Waals surface area contributed by atoms with Gasteiger partial charge in [-0.2, -0.15) is 4.39 Å². The summed E-state index contributed by atoms with van der Waals surface area (Å²) in [4.78, 5) is 22.0. The standard InChI is InChI=1S/C21H19F5N2O5/c1-11-6-5-7-14(18(28-31-4)20(29)30-3)15(11)10-32-27-12(2)13-8-9-16(22)17(23)19(13)33-21(24,25)26/h5-9H,10H2,1-4H3/b27-12+,28-18+. The zero-order chi connectivity index (χ0) is 24.8. The molecular weight excluding hydrogens is 455 g/mol. The highest BCUT2D eigenvalue weighted by atomic mass is 19.4. The van der Waals surface area contributed by atoms with Crippen molar-refractivity contribution < 1.29 is 45.9 Å². The highest BCUT2D eigenvalue weighted by molar-refractivity contribution is 6.43. The van der Waals surface area contributed by atoms with Gasteiger partial charge in [0.1, 0.15) is 13.7 Å². The lowest BCUT2D eigenvalue weighted by atomic mass is 9.99. The lowest BCUT2D eigenvalue weighted by Crippen LogP contribution is -2.20. The molecular formula is C21H19F5N2O5. The Bertz CT molecular complexity index is 1080. The van der Waals surface area contributed by atoms with Crippen molar-refractivity contribution in [2.24, 2.45) is 10.3 Å². The van der Waals surface area contributed by atoms with E-state index in [0.717, 1.165) is 13.2 Å². The van der Waals surface area contributed by atoms with E-state index in [4.69, 9.17) is 14.4 Å². The molecule has 0 saturated heterocycles. The fourth-order valence-corrected chi connectivity index (χ4v) is 2.78. The molecule has 0 atom stereocenters. The molecule has 2 rings (SSSR count). The molecule has 0 bridgehead atoms. The Hall–Kier alpha value is -3.70. The molecule has 2 aromatic rings. The Kier molecular flexibility index (Phi) is 8.32. The van der Waals surface area contributed by atoms with Gasteiger partial charge in [-0.05, 0) is 31.5 Å². The lowest BCUT2D eigenvalue weighted by Gasteiger charge is -2.15. The van der Waals surface area contributed by atoms with Gasteiger partial charge in [0.05, 0.1) is 12.8 Å². The summed E-state index contributed by atoms with van der Waals surface area (Å²) in [5, 5.41) is 7.37. The Morgan fingerprint density at radius 3 is 2.33 bits per heavy atom. The number of alkyl halides is 3. The minimum Gasteiger partial charge on any atom is -0.464 e. The van der Waals surface area contributed by atoms with Gasteiger partial charge < -0.3 is 19.1 Å². The van der Waals surface area contributed by atoms with Crippen molar-refractivity contribution in [2.75, 3.05) is 14.2 Å². The van der Waals surface area contributed by atoms with Crippen LogP contribution in [0.3, 0.4) is 0 Å². The molecule has 0 aliphatic rings. The van der Waals surface area contributed by atoms with Crippen LogP contribution < -0.4 is 4.74 Å². The van der Waals surface area contributed by atoms with Gasteiger partial charge in [0.25, 0.3) is 0 Å². The number of aryl methyl sites for hydroxylation is 1. The Balaban J connectivity index is 2.38. The third-order valence-electron chi connectivity index (χ3n) is 4.29. The molecule has 0 aromatic heterocycles. The van der Waals surface area contributed by atoms with E-state index in [1.54, 1.807) is 25.1 Å². The smallest absolute Gasteiger partial charge is 0.464 e. The van der Waals surface area contributed by atoms with E-state index in [1.165, 1.54) is 14.0 Å². The number of ether oxygens (including phenoxy) is 2. The molecule has 0 heterocycles. The van der Waals surface area contributed by atoms with E-state index >= 15 is 0 Å². The largest absolute Gasteiger partial charge is 0.573 e. The van der Waals surface area contributed by atoms with Crippen LogP contribution in [0.5, 0.6) is 5.75 Å². The number of methoxy groups -OCH3 is 1. The summed E-state index contributed by atoms with van der Waals surface area (Å²) in [5.41, 5.74) is 0.596. The molecule has 0 fully saturated rings. The molecule has 7 nitrogen and oxygen atoms in total. The zero-order valence-electron chi connectivity index (χ0n) is 17.9. The summed E-state index contributed by atoms with van der Waals surface area (Å²) in [5.74, 6) is -5.49. The van der Waals surface area contributed by atoms with Crippen molar-refractivity contribution in [2.45, 2.75) is 26.8 Å². The maximum absolute atomic E-state index is 14.0. The molecule has 0 radical (unpaired) electrons. The van der Waals surface area contributed by atoms with E-state index in [0.29, 0.717) is 22.8 Å². The van der Waals surface area contributed by atoms with Crippen LogP contribution in [0.4, 0.5) is 22.0 Å². The highest BCUT2D eigenvalue weighted by Crippen LogP contribution is 2.31. The monoisotopic (exact) mass is 474 g/mol. The van der Waals surface area contributed by atoms with E-state index in [1.807, 2.05) is 0 Å². The minimum atomic E-state index is -5.26. The molecule has 0 saturated carbocycles. The lowest BCUT2D eigenvalue weighted by molar-refractivity contribution is -0.275. The van der Waals surface area contributed by atoms with E-state index in [9.17, 15) is 26.7 Å². The normalized spacial score (nSPS) is 12.4. The number of oxime groups is 2. The summed E-state index contributed by atoms with van der Waals surface area (Å²) in [6.45, 7) is 2.68. The number of benzene rings is 2. The van der Waals surface area contributed by atoms with Gasteiger partial charge >= 0.3 is 12.3 Å². The number of halogens is 5. The number of hydrogen-bond donors (Lipinski definition) is 0. The van der Waals surface area contributed by atoms with E-state index in [-0.39, 0.29) is 18.0 Å². The van der Waals surface area contributed by atoms with Gasteiger partial charge in [-0.15, -0.1) is 13.2 Å². The van der Waals surface area contributed by atoms with Crippen molar-refractivity contribution in [3.8, 4) is 5.75 Å². The number of rotatable bonds is 8. The predicted octanol–water partition coefficient (Wildman–Crippen LogP) is 4.64. The third-order valence-corrected chi connectivity index (χ3v) is 4.29. The second kappa shape index (κ2) is 10.7. The van der Waals surface area contributed by atoms with Crippen molar-refractivity contribution in [1.82, 2.24) is 0 Å². The molecule has 2 aromatic carbocycles. The van der Waals surface area contributed by atoms with Crippen LogP contribution in [0.25, 0.3) is 0 Å². The van der Waals surface area contributed by atoms with Crippen LogP contribution in [0.1, 0.15) is 29.2 Å². The van der Waals surface area contributed by atoms with Gasteiger partial charge in [-0.3, -0.25) is 0 Å². The van der Waals surface area contributed by atoms with Crippen molar-refractivity contribution in [3.63, 3.8) is 0 Å². The maximum atomic E-state index is 14.0. The van der Waals surface area contributed by atoms with Crippen LogP contribution in [0.2, 0.25) is 0 Å². The third kappa shape index (κ3) is 6.40. The van der Waals surface area contributed by atoms with Crippen LogP contribution >= 0.6 is 0 Å². The van der Waals surface area contributed by atoms with Crippen molar-refractivity contribution in [1.29, 1.82) is 0 Å². The number of nitrogens with zero attached hydrogens (tertiary/aromatic N) is 2. The van der Waals surface area contributed by atoms with Crippen LogP contribution in [-0.4, -0.2) is 38.0 Å². The number of hydrogen-bond acceptors (Lipinski definition) is 7. The first kappa shape index (κ1) is 25.6. The molecule has 0 aliphatic heterocycles. The number of esters is 1. The van der Waals surface area contributed by atoms with Gasteiger partial charge in [0.2, 0.25) is 5.82 Å². The minimum absolute atomic E-state index is 0.149. The summed E-state index contributed by atoms with van der Waals surface area (Å²) in [7, 11) is 2.40. The molecule has 33 heavy (non-hydrogen) atoms. The molecule has 12 heteroatoms. The number of carbonyl (C=O) groups is 1. The zero-order valence-corrected chi connectivity index (χ0v) is 17.9. The van der Waals surface area contributed by atoms with Gasteiger partial charge in [-0.1, -0.05) is 28.5 Å². The average molecular weight is 474 g/mol. The van der Waals surface area contributed by atoms with Crippen molar-refractivity contribution >= 4 is 17.4 Å². The Morgan fingerprint density at radius 2 is 1.73 bits per heavy atom. The summed E-state index contributed by atoms with van der Waals surface area (Å²) >= 11 is 0. The summed E-state index contributed by atoms with van der Waals surface area (Å²) in [6, 6.07) is 6.43. The van der Waals surface area contributed by atoms with Gasteiger partial charge in [0.15, 0.2) is 17.3 Å². The van der Waals surface area contributed by atoms with Crippen LogP contribution in [0.15, 0.2) is 40.6 Å². The Morgan fingerprint density at radius 1 is 1.03 bits per heavy atom. The molecule has 0 spiro atoms. The quantitative estimate of drug-likeness (QED) is 0.241. The fourth-order valence-electron chi connectivity index (χ4n) is 2.78. The first-order valence-electron chi connectivity index (χ1n) is 9.19. The predicted molar refractivity (Wildman–Crippen MR) is 107 cm³/mol. The SMILES string of the molecule is CO/N=C(/C(=O)OC)c1cccc(C)c1CO/N=C(\C)c1ccc(F)c(F)c1OC(F)(F)F. The van der Waals surface area contributed by atoms with Gasteiger partial charge in [0, 0.05) is 16.7 Å². The fraction of sp³-hybridized carbons (Fsp3) is 0.286. The molecule has 0 amide bonds. The number of carbonyl (C=O) groups excluding carboxylic acids is 1. The Labute approximate surface area is 185 Å². The summed E-state index contributed by atoms with van der Waals surface area (Å²) in [6.07, 6.45) is -5.26. The van der Waals surface area contributed by atoms with Crippen LogP contribution in [0, 0.1) is 18.6 Å². The second-order valence-corrected chi connectivity index (χ2v) is 6.45. The van der Waals surface area contributed by atoms with Crippen LogP contribution in [-0.2, 0) is 25.8 Å². The highest BCUT2D eigenvalue weighted by Gasteiger charge is 2.35. The average Bonchev–Trinajstić information content (AvgIpc) is 2.75. The van der Waals surface area contributed by atoms with E-state index < -0.39 is 35.3 Å².